The van der Waals surface area contributed by atoms with Gasteiger partial charge in [-0.05, 0) is 88.8 Å². The second-order valence-corrected chi connectivity index (χ2v) is 15.1. The topological polar surface area (TPSA) is 50.0 Å². The third kappa shape index (κ3) is 5.51. The Morgan fingerprint density at radius 3 is 2.03 bits per heavy atom. The van der Waals surface area contributed by atoms with Gasteiger partial charge in [-0.2, -0.15) is 0 Å². The fourth-order valence-electron chi connectivity index (χ4n) is 8.93. The largest absolute Gasteiger partial charge is 0.456 e. The van der Waals surface area contributed by atoms with Crippen LogP contribution in [0.3, 0.4) is 0 Å². The van der Waals surface area contributed by atoms with Crippen molar-refractivity contribution in [1.29, 1.82) is 0 Å². The highest BCUT2D eigenvalue weighted by atomic mass is 16.5. The van der Waals surface area contributed by atoms with Crippen molar-refractivity contribution in [1.82, 2.24) is 5.32 Å². The second-order valence-electron chi connectivity index (χ2n) is 15.1. The predicted octanol–water partition coefficient (Wildman–Crippen LogP) is 12.7. The molecule has 0 fully saturated rings. The minimum atomic E-state index is -0.327. The quantitative estimate of drug-likeness (QED) is 0.183. The Morgan fingerprint density at radius 2 is 1.15 bits per heavy atom. The summed E-state index contributed by atoms with van der Waals surface area (Å²) in [5.41, 5.74) is 12.6. The first-order valence-electron chi connectivity index (χ1n) is 20.0. The number of nitrogens with one attached hydrogen (secondary N) is 1. The molecule has 0 amide bonds. The van der Waals surface area contributed by atoms with E-state index >= 15 is 0 Å². The molecule has 1 N–H and O–H groups in total. The zero-order valence-corrected chi connectivity index (χ0v) is 31.8. The number of rotatable bonds is 6. The van der Waals surface area contributed by atoms with Gasteiger partial charge in [0, 0.05) is 61.2 Å². The van der Waals surface area contributed by atoms with E-state index in [1.807, 2.05) is 18.2 Å². The van der Waals surface area contributed by atoms with Crippen molar-refractivity contribution < 1.29 is 9.15 Å². The number of anilines is 3. The van der Waals surface area contributed by atoms with Gasteiger partial charge in [-0.3, -0.25) is 4.99 Å². The second kappa shape index (κ2) is 13.4. The Bertz CT molecular complexity index is 3390. The highest BCUT2D eigenvalue weighted by Gasteiger charge is 2.27. The van der Waals surface area contributed by atoms with E-state index in [9.17, 15) is 0 Å². The van der Waals surface area contributed by atoms with E-state index in [1.165, 1.54) is 11.1 Å². The van der Waals surface area contributed by atoms with Crippen molar-refractivity contribution >= 4 is 55.5 Å². The molecule has 59 heavy (non-hydrogen) atoms. The Balaban J connectivity index is 0.929. The molecule has 9 aromatic carbocycles. The first-order valence-corrected chi connectivity index (χ1v) is 20.0. The molecule has 0 aliphatic carbocycles. The van der Waals surface area contributed by atoms with Crippen LogP contribution in [0.15, 0.2) is 210 Å². The lowest BCUT2D eigenvalue weighted by atomic mass is 9.91. The summed E-state index contributed by atoms with van der Waals surface area (Å²) in [5.74, 6) is 1.65. The fraction of sp³-hybridized carbons (Fsp3) is 0.0185. The number of benzene rings is 9. The van der Waals surface area contributed by atoms with Crippen LogP contribution in [0, 0.1) is 0 Å². The van der Waals surface area contributed by atoms with Crippen LogP contribution in [0.1, 0.15) is 17.3 Å². The first kappa shape index (κ1) is 33.3. The van der Waals surface area contributed by atoms with Gasteiger partial charge in [0.2, 0.25) is 0 Å². The van der Waals surface area contributed by atoms with Crippen LogP contribution in [0.25, 0.3) is 60.7 Å². The smallest absolute Gasteiger partial charge is 0.146 e. The van der Waals surface area contributed by atoms with Gasteiger partial charge >= 0.3 is 0 Å². The third-order valence-corrected chi connectivity index (χ3v) is 11.7. The van der Waals surface area contributed by atoms with Gasteiger partial charge in [0.05, 0.1) is 11.1 Å². The van der Waals surface area contributed by atoms with Crippen LogP contribution < -0.4 is 25.5 Å². The molecule has 12 rings (SSSR count). The Morgan fingerprint density at radius 1 is 0.458 bits per heavy atom. The normalized spacial score (nSPS) is 14.0. The number of hydrogen-bond acceptors (Lipinski definition) is 5. The van der Waals surface area contributed by atoms with Crippen molar-refractivity contribution in [3.05, 3.63) is 222 Å². The van der Waals surface area contributed by atoms with Gasteiger partial charge in [-0.15, -0.1) is 0 Å². The fourth-order valence-corrected chi connectivity index (χ4v) is 8.93. The van der Waals surface area contributed by atoms with Crippen molar-refractivity contribution in [3.63, 3.8) is 0 Å². The molecule has 2 aliphatic rings. The summed E-state index contributed by atoms with van der Waals surface area (Å²) in [6, 6.07) is 70.2. The minimum absolute atomic E-state index is 0.327. The van der Waals surface area contributed by atoms with Crippen LogP contribution in [-0.4, -0.2) is 0 Å². The molecule has 5 nitrogen and oxygen atoms in total. The lowest BCUT2D eigenvalue weighted by Gasteiger charge is -2.29. The highest BCUT2D eigenvalue weighted by molar-refractivity contribution is 6.07. The molecule has 0 spiro atoms. The lowest BCUT2D eigenvalue weighted by Crippen LogP contribution is -2.39. The van der Waals surface area contributed by atoms with Crippen LogP contribution in [-0.2, 0) is 0 Å². The number of furan rings is 1. The monoisotopic (exact) mass is 757 g/mol. The lowest BCUT2D eigenvalue weighted by molar-refractivity contribution is 0.486. The zero-order chi connectivity index (χ0) is 38.9. The number of ether oxygens (including phenoxy) is 1. The average Bonchev–Trinajstić information content (AvgIpc) is 3.68. The highest BCUT2D eigenvalue weighted by Crippen LogP contribution is 2.50. The number of hydrogen-bond donors (Lipinski definition) is 1. The molecule has 2 aliphatic heterocycles. The van der Waals surface area contributed by atoms with E-state index in [0.717, 1.165) is 99.8 Å². The van der Waals surface area contributed by atoms with Gasteiger partial charge in [0.15, 0.2) is 0 Å². The van der Waals surface area contributed by atoms with E-state index in [1.54, 1.807) is 0 Å². The molecular weight excluding hydrogens is 723 g/mol. The van der Waals surface area contributed by atoms with Crippen LogP contribution in [0.2, 0.25) is 0 Å². The van der Waals surface area contributed by atoms with Crippen molar-refractivity contribution in [2.75, 3.05) is 4.90 Å². The zero-order valence-electron chi connectivity index (χ0n) is 31.8. The molecule has 1 atom stereocenters. The molecule has 0 saturated carbocycles. The van der Waals surface area contributed by atoms with Gasteiger partial charge in [0.1, 0.15) is 28.8 Å². The Labute approximate surface area is 340 Å². The average molecular weight is 758 g/mol. The van der Waals surface area contributed by atoms with Crippen molar-refractivity contribution in [2.45, 2.75) is 6.17 Å². The molecule has 10 aromatic rings. The van der Waals surface area contributed by atoms with E-state index in [2.05, 4.69) is 192 Å². The molecule has 1 aromatic heterocycles. The summed E-state index contributed by atoms with van der Waals surface area (Å²) in [4.78, 5) is 7.58. The molecule has 0 bridgehead atoms. The number of fused-ring (bicyclic) bond motifs is 6. The van der Waals surface area contributed by atoms with E-state index in [0.29, 0.717) is 0 Å². The maximum Gasteiger partial charge on any atom is 0.146 e. The maximum absolute atomic E-state index is 6.85. The molecule has 0 radical (unpaired) electrons. The molecular formula is C54H35N3O2. The first-order chi connectivity index (χ1) is 29.2. The molecule has 5 heteroatoms. The van der Waals surface area contributed by atoms with E-state index in [4.69, 9.17) is 14.1 Å². The van der Waals surface area contributed by atoms with E-state index < -0.39 is 0 Å². The van der Waals surface area contributed by atoms with E-state index in [-0.39, 0.29) is 6.17 Å². The Kier molecular flexibility index (Phi) is 7.53. The predicted molar refractivity (Wildman–Crippen MR) is 239 cm³/mol. The van der Waals surface area contributed by atoms with Gasteiger partial charge in [-0.1, -0.05) is 127 Å². The summed E-state index contributed by atoms with van der Waals surface area (Å²) in [5, 5.41) is 10.3. The molecule has 1 unspecified atom stereocenters. The van der Waals surface area contributed by atoms with Gasteiger partial charge in [0.25, 0.3) is 0 Å². The Hall–Kier alpha value is -7.89. The van der Waals surface area contributed by atoms with Crippen LogP contribution in [0.4, 0.5) is 17.1 Å². The van der Waals surface area contributed by atoms with Gasteiger partial charge < -0.3 is 19.4 Å². The molecule has 3 heterocycles. The summed E-state index contributed by atoms with van der Waals surface area (Å²) >= 11 is 0. The third-order valence-electron chi connectivity index (χ3n) is 11.7. The summed E-state index contributed by atoms with van der Waals surface area (Å²) in [6.45, 7) is 0. The van der Waals surface area contributed by atoms with Crippen molar-refractivity contribution in [3.8, 4) is 33.8 Å². The summed E-state index contributed by atoms with van der Waals surface area (Å²) in [7, 11) is 0. The minimum Gasteiger partial charge on any atom is -0.456 e. The van der Waals surface area contributed by atoms with Crippen molar-refractivity contribution in [2.24, 2.45) is 4.99 Å². The number of para-hydroxylation sites is 3. The summed E-state index contributed by atoms with van der Waals surface area (Å²) in [6.07, 6.45) is -0.327. The SMILES string of the molecule is c1ccc(-c2ccc(N(c3ccccc3)c3ccc4c(c3)Oc3ccc(C5N=c6ccccc6=C(c6ccc7c(c6)oc6ccccc67)N5)c5cccc-4c35)cc2)cc1. The van der Waals surface area contributed by atoms with Crippen LogP contribution in [0.5, 0.6) is 11.5 Å². The summed E-state index contributed by atoms with van der Waals surface area (Å²) < 4.78 is 13.2. The molecule has 0 saturated heterocycles. The van der Waals surface area contributed by atoms with Crippen LogP contribution >= 0.6 is 0 Å². The van der Waals surface area contributed by atoms with Gasteiger partial charge in [-0.25, -0.2) is 0 Å². The number of nitrogens with zero attached hydrogens (tertiary/aromatic N) is 2. The maximum atomic E-state index is 6.85. The standard InChI is InChI=1S/C54H35N3O2/c1-3-12-34(13-4-1)35-22-25-38(26-23-35)57(37-14-5-2-6-15-37)39-27-29-42-43-18-11-19-44-45(30-31-49(52(43)44)59-51(42)33-39)54-55-47-20-9-7-17-46(47)53(56-54)36-24-28-41-40-16-8-10-21-48(40)58-50(41)32-36/h1-33,54,56H. The molecule has 278 valence electrons.